The van der Waals surface area contributed by atoms with Gasteiger partial charge in [-0.2, -0.15) is 0 Å². The third-order valence-electron chi connectivity index (χ3n) is 2.92. The largest absolute Gasteiger partial charge is 0.310 e. The lowest BCUT2D eigenvalue weighted by atomic mass is 10.0. The van der Waals surface area contributed by atoms with Crippen LogP contribution in [0.15, 0.2) is 12.1 Å². The zero-order valence-electron chi connectivity index (χ0n) is 8.73. The highest BCUT2D eigenvalue weighted by atomic mass is 35.5. The average molecular weight is 210 g/mol. The summed E-state index contributed by atoms with van der Waals surface area (Å²) in [5.41, 5.74) is 3.77. The van der Waals surface area contributed by atoms with Crippen LogP contribution in [0.25, 0.3) is 0 Å². The lowest BCUT2D eigenvalue weighted by molar-refractivity contribution is 0.647. The van der Waals surface area contributed by atoms with Crippen LogP contribution in [0.1, 0.15) is 35.6 Å². The van der Waals surface area contributed by atoms with Gasteiger partial charge in [-0.1, -0.05) is 23.7 Å². The van der Waals surface area contributed by atoms with Gasteiger partial charge in [0.25, 0.3) is 0 Å². The van der Waals surface area contributed by atoms with Crippen molar-refractivity contribution in [1.82, 2.24) is 5.32 Å². The number of nitrogens with one attached hydrogen (secondary N) is 1. The molecule has 1 N–H and O–H groups in total. The lowest BCUT2D eigenvalue weighted by Gasteiger charge is -2.13. The van der Waals surface area contributed by atoms with Crippen LogP contribution >= 0.6 is 11.6 Å². The Kier molecular flexibility index (Phi) is 2.80. The number of hydrogen-bond acceptors (Lipinski definition) is 1. The Morgan fingerprint density at radius 1 is 1.29 bits per heavy atom. The van der Waals surface area contributed by atoms with Gasteiger partial charge in [-0.25, -0.2) is 0 Å². The van der Waals surface area contributed by atoms with Gasteiger partial charge < -0.3 is 5.32 Å². The van der Waals surface area contributed by atoms with Crippen LogP contribution in [0.4, 0.5) is 0 Å². The summed E-state index contributed by atoms with van der Waals surface area (Å²) in [6, 6.07) is 4.96. The van der Waals surface area contributed by atoms with E-state index in [1.54, 1.807) is 0 Å². The van der Waals surface area contributed by atoms with E-state index in [-0.39, 0.29) is 0 Å². The van der Waals surface area contributed by atoms with Gasteiger partial charge in [-0.05, 0) is 49.9 Å². The molecule has 1 nitrogen and oxygen atoms in total. The molecule has 0 radical (unpaired) electrons. The molecule has 1 aliphatic heterocycles. The van der Waals surface area contributed by atoms with E-state index in [4.69, 9.17) is 11.6 Å². The van der Waals surface area contributed by atoms with Crippen LogP contribution in [-0.4, -0.2) is 6.54 Å². The van der Waals surface area contributed by atoms with E-state index >= 15 is 0 Å². The Hall–Kier alpha value is -0.530. The summed E-state index contributed by atoms with van der Waals surface area (Å²) < 4.78 is 0. The van der Waals surface area contributed by atoms with Crippen molar-refractivity contribution in [3.05, 3.63) is 33.8 Å². The molecular formula is C12H16ClN. The molecule has 0 aliphatic carbocycles. The number of rotatable bonds is 1. The standard InChI is InChI=1S/C12H16ClN/c1-8-6-10(7-9(2)12(8)13)11-4-3-5-14-11/h6-7,11,14H,3-5H2,1-2H3/t11-/m0/s1. The number of benzene rings is 1. The van der Waals surface area contributed by atoms with Gasteiger partial charge in [0, 0.05) is 11.1 Å². The molecule has 1 atom stereocenters. The second-order valence-electron chi connectivity index (χ2n) is 4.12. The topological polar surface area (TPSA) is 12.0 Å². The molecule has 76 valence electrons. The minimum Gasteiger partial charge on any atom is -0.310 e. The van der Waals surface area contributed by atoms with Crippen molar-refractivity contribution in [2.45, 2.75) is 32.7 Å². The fourth-order valence-electron chi connectivity index (χ4n) is 2.15. The van der Waals surface area contributed by atoms with Crippen LogP contribution in [0.5, 0.6) is 0 Å². The van der Waals surface area contributed by atoms with Gasteiger partial charge in [0.1, 0.15) is 0 Å². The molecule has 0 aromatic heterocycles. The zero-order valence-corrected chi connectivity index (χ0v) is 9.49. The highest BCUT2D eigenvalue weighted by Gasteiger charge is 2.17. The van der Waals surface area contributed by atoms with Crippen molar-refractivity contribution in [3.8, 4) is 0 Å². The summed E-state index contributed by atoms with van der Waals surface area (Å²) in [6.45, 7) is 5.30. The van der Waals surface area contributed by atoms with E-state index in [2.05, 4.69) is 31.3 Å². The second-order valence-corrected chi connectivity index (χ2v) is 4.50. The fourth-order valence-corrected chi connectivity index (χ4v) is 2.26. The number of aryl methyl sites for hydroxylation is 2. The smallest absolute Gasteiger partial charge is 0.0464 e. The normalized spacial score (nSPS) is 21.5. The molecule has 1 heterocycles. The molecule has 0 saturated carbocycles. The first-order chi connectivity index (χ1) is 6.68. The van der Waals surface area contributed by atoms with Crippen molar-refractivity contribution >= 4 is 11.6 Å². The number of halogens is 1. The minimum atomic E-state index is 0.546. The summed E-state index contributed by atoms with van der Waals surface area (Å²) in [6.07, 6.45) is 2.53. The first-order valence-corrected chi connectivity index (χ1v) is 5.56. The van der Waals surface area contributed by atoms with E-state index in [9.17, 15) is 0 Å². The van der Waals surface area contributed by atoms with E-state index in [1.807, 2.05) is 0 Å². The maximum Gasteiger partial charge on any atom is 0.0464 e. The molecule has 0 amide bonds. The van der Waals surface area contributed by atoms with Gasteiger partial charge in [0.15, 0.2) is 0 Å². The van der Waals surface area contributed by atoms with Gasteiger partial charge in [-0.15, -0.1) is 0 Å². The molecule has 14 heavy (non-hydrogen) atoms. The van der Waals surface area contributed by atoms with E-state index in [0.717, 1.165) is 11.6 Å². The van der Waals surface area contributed by atoms with Gasteiger partial charge >= 0.3 is 0 Å². The van der Waals surface area contributed by atoms with Crippen LogP contribution in [0, 0.1) is 13.8 Å². The van der Waals surface area contributed by atoms with Gasteiger partial charge in [0.2, 0.25) is 0 Å². The van der Waals surface area contributed by atoms with Crippen molar-refractivity contribution < 1.29 is 0 Å². The van der Waals surface area contributed by atoms with E-state index in [0.29, 0.717) is 6.04 Å². The summed E-state index contributed by atoms with van der Waals surface area (Å²) in [7, 11) is 0. The Bertz CT molecular complexity index is 317. The first kappa shape index (κ1) is 10.0. The van der Waals surface area contributed by atoms with Crippen molar-refractivity contribution in [2.75, 3.05) is 6.54 Å². The third-order valence-corrected chi connectivity index (χ3v) is 3.52. The molecular weight excluding hydrogens is 194 g/mol. The first-order valence-electron chi connectivity index (χ1n) is 5.18. The quantitative estimate of drug-likeness (QED) is 0.748. The minimum absolute atomic E-state index is 0.546. The maximum absolute atomic E-state index is 6.14. The molecule has 1 aromatic rings. The Morgan fingerprint density at radius 2 is 1.93 bits per heavy atom. The van der Waals surface area contributed by atoms with Crippen molar-refractivity contribution in [1.29, 1.82) is 0 Å². The molecule has 0 spiro atoms. The van der Waals surface area contributed by atoms with Gasteiger partial charge in [-0.3, -0.25) is 0 Å². The molecule has 1 fully saturated rings. The number of hydrogen-bond donors (Lipinski definition) is 1. The third kappa shape index (κ3) is 1.79. The molecule has 1 aliphatic rings. The second kappa shape index (κ2) is 3.92. The Labute approximate surface area is 90.5 Å². The Morgan fingerprint density at radius 3 is 2.43 bits per heavy atom. The Balaban J connectivity index is 2.34. The van der Waals surface area contributed by atoms with Crippen molar-refractivity contribution in [3.63, 3.8) is 0 Å². The van der Waals surface area contributed by atoms with E-state index < -0.39 is 0 Å². The van der Waals surface area contributed by atoms with Crippen LogP contribution in [0.3, 0.4) is 0 Å². The van der Waals surface area contributed by atoms with Gasteiger partial charge in [0.05, 0.1) is 0 Å². The molecule has 2 heteroatoms. The summed E-state index contributed by atoms with van der Waals surface area (Å²) in [4.78, 5) is 0. The van der Waals surface area contributed by atoms with Crippen LogP contribution in [-0.2, 0) is 0 Å². The lowest BCUT2D eigenvalue weighted by Crippen LogP contribution is -2.13. The van der Waals surface area contributed by atoms with Crippen LogP contribution in [0.2, 0.25) is 5.02 Å². The highest BCUT2D eigenvalue weighted by Crippen LogP contribution is 2.28. The fraction of sp³-hybridized carbons (Fsp3) is 0.500. The molecule has 1 saturated heterocycles. The van der Waals surface area contributed by atoms with E-state index in [1.165, 1.54) is 29.5 Å². The SMILES string of the molecule is Cc1cc([C@@H]2CCCN2)cc(C)c1Cl. The maximum atomic E-state index is 6.14. The molecule has 0 bridgehead atoms. The summed E-state index contributed by atoms with van der Waals surface area (Å²) in [5.74, 6) is 0. The predicted molar refractivity (Wildman–Crippen MR) is 60.9 cm³/mol. The monoisotopic (exact) mass is 209 g/mol. The molecule has 0 unspecified atom stereocenters. The zero-order chi connectivity index (χ0) is 10.1. The molecule has 2 rings (SSSR count). The average Bonchev–Trinajstić information content (AvgIpc) is 2.66. The summed E-state index contributed by atoms with van der Waals surface area (Å²) in [5, 5.41) is 4.41. The van der Waals surface area contributed by atoms with Crippen LogP contribution < -0.4 is 5.32 Å². The molecule has 1 aromatic carbocycles. The summed E-state index contributed by atoms with van der Waals surface area (Å²) >= 11 is 6.14. The van der Waals surface area contributed by atoms with Crippen molar-refractivity contribution in [2.24, 2.45) is 0 Å². The predicted octanol–water partition coefficient (Wildman–Crippen LogP) is 3.38. The highest BCUT2D eigenvalue weighted by molar-refractivity contribution is 6.32.